The molecule has 0 heterocycles. The van der Waals surface area contributed by atoms with Crippen molar-refractivity contribution in [2.75, 3.05) is 0 Å². The fourth-order valence-corrected chi connectivity index (χ4v) is 1.45. The first kappa shape index (κ1) is 20.5. The van der Waals surface area contributed by atoms with E-state index in [2.05, 4.69) is 0 Å². The molecule has 1 N–H and O–H groups in total. The molecule has 0 saturated carbocycles. The van der Waals surface area contributed by atoms with Crippen molar-refractivity contribution in [1.29, 1.82) is 0 Å². The highest BCUT2D eigenvalue weighted by Crippen LogP contribution is 2.10. The lowest BCUT2D eigenvalue weighted by molar-refractivity contribution is -0.188. The minimum Gasteiger partial charge on any atom is -0.478 e. The maximum atomic E-state index is 11.5. The summed E-state index contributed by atoms with van der Waals surface area (Å²) in [6.07, 6.45) is -0.657. The summed E-state index contributed by atoms with van der Waals surface area (Å²) in [7, 11) is 0. The van der Waals surface area contributed by atoms with Gasteiger partial charge in [0.05, 0.1) is 0 Å². The van der Waals surface area contributed by atoms with Gasteiger partial charge >= 0.3 is 17.9 Å². The van der Waals surface area contributed by atoms with Crippen LogP contribution in [0.2, 0.25) is 0 Å². The van der Waals surface area contributed by atoms with Crippen molar-refractivity contribution in [3.05, 3.63) is 11.6 Å². The molecular weight excluding hydrogens is 308 g/mol. The fourth-order valence-electron chi connectivity index (χ4n) is 1.45. The largest absolute Gasteiger partial charge is 0.478 e. The van der Waals surface area contributed by atoms with E-state index in [-0.39, 0.29) is 18.4 Å². The lowest BCUT2D eigenvalue weighted by Gasteiger charge is -2.17. The Morgan fingerprint density at radius 2 is 1.35 bits per heavy atom. The molecule has 0 spiro atoms. The van der Waals surface area contributed by atoms with Crippen LogP contribution >= 0.6 is 0 Å². The number of aliphatic carboxylic acids is 1. The molecule has 0 aliphatic heterocycles. The van der Waals surface area contributed by atoms with Crippen molar-refractivity contribution in [1.82, 2.24) is 0 Å². The standard InChI is InChI=1S/C15H20O8/c1-9(15(20)21)5-4-6-14(22-12(18)7-10(2)16)23-13(19)8-11(3)17/h5,14H,4,6-8H2,1-3H3,(H,20,21). The zero-order valence-electron chi connectivity index (χ0n) is 13.3. The topological polar surface area (TPSA) is 124 Å². The number of carboxylic acid groups (broad SMARTS) is 1. The maximum Gasteiger partial charge on any atom is 0.330 e. The van der Waals surface area contributed by atoms with Crippen LogP contribution in [-0.4, -0.2) is 40.9 Å². The number of Topliss-reactive ketones (excluding diaryl/α,β-unsaturated/α-hetero) is 2. The maximum absolute atomic E-state index is 11.5. The number of carboxylic acids is 1. The van der Waals surface area contributed by atoms with Gasteiger partial charge in [-0.2, -0.15) is 0 Å². The summed E-state index contributed by atoms with van der Waals surface area (Å²) in [5, 5.41) is 8.72. The van der Waals surface area contributed by atoms with Crippen LogP contribution < -0.4 is 0 Å². The number of hydrogen-bond acceptors (Lipinski definition) is 7. The SMILES string of the molecule is CC(=O)CC(=O)OC(CCC=C(C)C(=O)O)OC(=O)CC(C)=O. The van der Waals surface area contributed by atoms with E-state index >= 15 is 0 Å². The summed E-state index contributed by atoms with van der Waals surface area (Å²) in [5.74, 6) is -3.64. The molecule has 23 heavy (non-hydrogen) atoms. The van der Waals surface area contributed by atoms with Crippen molar-refractivity contribution in [3.8, 4) is 0 Å². The highest BCUT2D eigenvalue weighted by Gasteiger charge is 2.20. The predicted octanol–water partition coefficient (Wildman–Crippen LogP) is 1.17. The summed E-state index contributed by atoms with van der Waals surface area (Å²) < 4.78 is 9.73. The highest BCUT2D eigenvalue weighted by atomic mass is 16.7. The van der Waals surface area contributed by atoms with Crippen molar-refractivity contribution < 1.29 is 38.6 Å². The zero-order valence-corrected chi connectivity index (χ0v) is 13.3. The molecule has 0 aromatic carbocycles. The summed E-state index contributed by atoms with van der Waals surface area (Å²) in [6, 6.07) is 0. The second-order valence-corrected chi connectivity index (χ2v) is 4.94. The van der Waals surface area contributed by atoms with Gasteiger partial charge in [0.15, 0.2) is 0 Å². The Kier molecular flexibility index (Phi) is 9.14. The van der Waals surface area contributed by atoms with Crippen LogP contribution in [0, 0.1) is 0 Å². The highest BCUT2D eigenvalue weighted by molar-refractivity contribution is 5.95. The number of esters is 2. The third kappa shape index (κ3) is 10.8. The van der Waals surface area contributed by atoms with Crippen LogP contribution in [0.1, 0.15) is 46.5 Å². The minimum atomic E-state index is -1.29. The van der Waals surface area contributed by atoms with Gasteiger partial charge in [-0.25, -0.2) is 4.79 Å². The van der Waals surface area contributed by atoms with Crippen LogP contribution in [0.15, 0.2) is 11.6 Å². The van der Waals surface area contributed by atoms with E-state index in [1.165, 1.54) is 26.8 Å². The Labute approximate surface area is 133 Å². The average Bonchev–Trinajstić information content (AvgIpc) is 2.35. The summed E-state index contributed by atoms with van der Waals surface area (Å²) in [6.45, 7) is 3.80. The fraction of sp³-hybridized carbons (Fsp3) is 0.533. The second-order valence-electron chi connectivity index (χ2n) is 4.94. The van der Waals surface area contributed by atoms with Crippen LogP contribution in [0.3, 0.4) is 0 Å². The van der Waals surface area contributed by atoms with Crippen molar-refractivity contribution in [2.24, 2.45) is 0 Å². The van der Waals surface area contributed by atoms with Gasteiger partial charge in [0.2, 0.25) is 6.29 Å². The molecule has 128 valence electrons. The summed E-state index contributed by atoms with van der Waals surface area (Å²) >= 11 is 0. The van der Waals surface area contributed by atoms with E-state index in [0.29, 0.717) is 0 Å². The van der Waals surface area contributed by atoms with Crippen molar-refractivity contribution in [2.45, 2.75) is 52.7 Å². The third-order valence-electron chi connectivity index (χ3n) is 2.50. The molecule has 0 aliphatic carbocycles. The monoisotopic (exact) mass is 328 g/mol. The first-order valence-electron chi connectivity index (χ1n) is 6.89. The number of carbonyl (C=O) groups is 5. The molecule has 8 nitrogen and oxygen atoms in total. The molecule has 8 heteroatoms. The van der Waals surface area contributed by atoms with Gasteiger partial charge in [-0.1, -0.05) is 6.08 Å². The van der Waals surface area contributed by atoms with Crippen molar-refractivity contribution in [3.63, 3.8) is 0 Å². The number of carbonyl (C=O) groups excluding carboxylic acids is 4. The van der Waals surface area contributed by atoms with Gasteiger partial charge in [-0.05, 0) is 27.2 Å². The molecule has 0 fully saturated rings. The van der Waals surface area contributed by atoms with Gasteiger partial charge in [0.25, 0.3) is 0 Å². The van der Waals surface area contributed by atoms with E-state index in [9.17, 15) is 24.0 Å². The molecule has 0 bridgehead atoms. The third-order valence-corrected chi connectivity index (χ3v) is 2.50. The number of ketones is 2. The van der Waals surface area contributed by atoms with Gasteiger partial charge in [0.1, 0.15) is 24.4 Å². The number of ether oxygens (including phenoxy) is 2. The Hall–Kier alpha value is -2.51. The van der Waals surface area contributed by atoms with Gasteiger partial charge < -0.3 is 14.6 Å². The first-order valence-corrected chi connectivity index (χ1v) is 6.89. The molecule has 0 radical (unpaired) electrons. The van der Waals surface area contributed by atoms with Crippen LogP contribution in [0.25, 0.3) is 0 Å². The molecule has 0 aliphatic rings. The lowest BCUT2D eigenvalue weighted by Crippen LogP contribution is -2.26. The van der Waals surface area contributed by atoms with Crippen LogP contribution in [0.5, 0.6) is 0 Å². The van der Waals surface area contributed by atoms with E-state index < -0.39 is 48.6 Å². The smallest absolute Gasteiger partial charge is 0.330 e. The van der Waals surface area contributed by atoms with Gasteiger partial charge in [-0.15, -0.1) is 0 Å². The van der Waals surface area contributed by atoms with E-state index in [0.717, 1.165) is 0 Å². The molecular formula is C15H20O8. The number of hydrogen-bond donors (Lipinski definition) is 1. The van der Waals surface area contributed by atoms with Crippen molar-refractivity contribution >= 4 is 29.5 Å². The molecule has 0 rings (SSSR count). The molecule has 0 saturated heterocycles. The molecule has 0 aromatic rings. The predicted molar refractivity (Wildman–Crippen MR) is 77.2 cm³/mol. The summed E-state index contributed by atoms with van der Waals surface area (Å²) in [4.78, 5) is 55.3. The molecule has 0 amide bonds. The lowest BCUT2D eigenvalue weighted by atomic mass is 10.2. The van der Waals surface area contributed by atoms with Crippen LogP contribution in [-0.2, 0) is 33.4 Å². The Bertz CT molecular complexity index is 488. The van der Waals surface area contributed by atoms with Crippen LogP contribution in [0.4, 0.5) is 0 Å². The minimum absolute atomic E-state index is 0.0118. The number of allylic oxidation sites excluding steroid dienone is 1. The molecule has 0 unspecified atom stereocenters. The molecule has 0 aromatic heterocycles. The van der Waals surface area contributed by atoms with E-state index in [4.69, 9.17) is 14.6 Å². The molecule has 0 atom stereocenters. The Balaban J connectivity index is 4.71. The summed E-state index contributed by atoms with van der Waals surface area (Å²) in [5.41, 5.74) is 0.0916. The average molecular weight is 328 g/mol. The normalized spacial score (nSPS) is 11.0. The zero-order chi connectivity index (χ0) is 18.0. The van der Waals surface area contributed by atoms with E-state index in [1.807, 2.05) is 0 Å². The Morgan fingerprint density at radius 1 is 0.913 bits per heavy atom. The van der Waals surface area contributed by atoms with E-state index in [1.54, 1.807) is 0 Å². The quantitative estimate of drug-likeness (QED) is 0.274. The first-order chi connectivity index (χ1) is 10.6. The van der Waals surface area contributed by atoms with Gasteiger partial charge in [-0.3, -0.25) is 19.2 Å². The Morgan fingerprint density at radius 3 is 1.70 bits per heavy atom. The van der Waals surface area contributed by atoms with Gasteiger partial charge in [0, 0.05) is 12.0 Å². The second kappa shape index (κ2) is 10.3. The number of rotatable bonds is 10.